The number of hydrogen-bond donors (Lipinski definition) is 0. The van der Waals surface area contributed by atoms with Crippen molar-refractivity contribution in [2.75, 3.05) is 40.4 Å². The smallest absolute Gasteiger partial charge is 0.200 e. The lowest BCUT2D eigenvalue weighted by Gasteiger charge is -2.22. The van der Waals surface area contributed by atoms with E-state index in [4.69, 9.17) is 13.9 Å². The molecule has 0 bridgehead atoms. The minimum absolute atomic E-state index is 0. The van der Waals surface area contributed by atoms with Gasteiger partial charge in [0.15, 0.2) is 0 Å². The highest BCUT2D eigenvalue weighted by molar-refractivity contribution is 5.94. The molecule has 0 spiro atoms. The number of hydrogen-bond acceptors (Lipinski definition) is 6. The summed E-state index contributed by atoms with van der Waals surface area (Å²) in [6, 6.07) is 7.34. The SMILES string of the molecule is CCN(CC)Cc1c(OC)ccc2c(=O)c3ccc(OC)c(CN(CC)CC)c3oc12.Cl. The molecule has 0 aliphatic rings. The topological polar surface area (TPSA) is 55.1 Å². The van der Waals surface area contributed by atoms with E-state index in [1.54, 1.807) is 26.4 Å². The van der Waals surface area contributed by atoms with Crippen LogP contribution in [-0.4, -0.2) is 50.2 Å². The highest BCUT2D eigenvalue weighted by Crippen LogP contribution is 2.34. The van der Waals surface area contributed by atoms with E-state index < -0.39 is 0 Å². The maximum absolute atomic E-state index is 13.5. The Morgan fingerprint density at radius 1 is 0.719 bits per heavy atom. The van der Waals surface area contributed by atoms with Crippen LogP contribution in [0.4, 0.5) is 0 Å². The molecule has 0 amide bonds. The van der Waals surface area contributed by atoms with Gasteiger partial charge in [0.05, 0.1) is 36.1 Å². The summed E-state index contributed by atoms with van der Waals surface area (Å²) in [5.41, 5.74) is 2.97. The van der Waals surface area contributed by atoms with Crippen molar-refractivity contribution in [2.45, 2.75) is 40.8 Å². The lowest BCUT2D eigenvalue weighted by Crippen LogP contribution is -2.23. The third-order valence-corrected chi connectivity index (χ3v) is 6.12. The Labute approximate surface area is 196 Å². The molecule has 3 aromatic rings. The minimum atomic E-state index is -0.0249. The third-order valence-electron chi connectivity index (χ3n) is 6.12. The molecule has 0 radical (unpaired) electrons. The Balaban J connectivity index is 0.00000363. The Hall–Kier alpha value is -2.28. The average molecular weight is 463 g/mol. The molecule has 176 valence electrons. The van der Waals surface area contributed by atoms with Crippen molar-refractivity contribution in [2.24, 2.45) is 0 Å². The lowest BCUT2D eigenvalue weighted by atomic mass is 10.0. The minimum Gasteiger partial charge on any atom is -0.496 e. The van der Waals surface area contributed by atoms with Gasteiger partial charge in [-0.25, -0.2) is 0 Å². The van der Waals surface area contributed by atoms with E-state index in [9.17, 15) is 4.79 Å². The number of methoxy groups -OCH3 is 2. The van der Waals surface area contributed by atoms with Crippen molar-refractivity contribution in [1.29, 1.82) is 0 Å². The summed E-state index contributed by atoms with van der Waals surface area (Å²) in [4.78, 5) is 18.0. The normalized spacial score (nSPS) is 11.4. The average Bonchev–Trinajstić information content (AvgIpc) is 2.80. The van der Waals surface area contributed by atoms with Crippen LogP contribution in [0.3, 0.4) is 0 Å². The van der Waals surface area contributed by atoms with Gasteiger partial charge in [-0.2, -0.15) is 0 Å². The number of rotatable bonds is 10. The first-order chi connectivity index (χ1) is 15.0. The van der Waals surface area contributed by atoms with Crippen molar-refractivity contribution in [3.8, 4) is 11.5 Å². The molecule has 6 nitrogen and oxygen atoms in total. The number of benzene rings is 2. The van der Waals surface area contributed by atoms with Crippen molar-refractivity contribution in [1.82, 2.24) is 9.80 Å². The molecule has 32 heavy (non-hydrogen) atoms. The van der Waals surface area contributed by atoms with Gasteiger partial charge < -0.3 is 13.9 Å². The summed E-state index contributed by atoms with van der Waals surface area (Å²) in [7, 11) is 3.31. The molecule has 0 fully saturated rings. The molecular weight excluding hydrogens is 428 g/mol. The number of halogens is 1. The number of ether oxygens (including phenoxy) is 2. The van der Waals surface area contributed by atoms with E-state index in [0.717, 1.165) is 48.8 Å². The van der Waals surface area contributed by atoms with Gasteiger partial charge in [-0.05, 0) is 50.4 Å². The van der Waals surface area contributed by atoms with E-state index in [-0.39, 0.29) is 17.8 Å². The number of fused-ring (bicyclic) bond motifs is 2. The lowest BCUT2D eigenvalue weighted by molar-refractivity contribution is 0.287. The largest absolute Gasteiger partial charge is 0.496 e. The van der Waals surface area contributed by atoms with E-state index in [0.29, 0.717) is 35.0 Å². The fraction of sp³-hybridized carbons (Fsp3) is 0.480. The Bertz CT molecular complexity index is 1020. The first-order valence-corrected chi connectivity index (χ1v) is 11.1. The summed E-state index contributed by atoms with van der Waals surface area (Å²) in [6.07, 6.45) is 0. The summed E-state index contributed by atoms with van der Waals surface area (Å²) in [6.45, 7) is 13.4. The van der Waals surface area contributed by atoms with Gasteiger partial charge in [-0.3, -0.25) is 14.6 Å². The maximum Gasteiger partial charge on any atom is 0.200 e. The molecule has 1 heterocycles. The van der Waals surface area contributed by atoms with Crippen LogP contribution in [0.25, 0.3) is 21.9 Å². The molecule has 0 saturated heterocycles. The molecule has 3 rings (SSSR count). The zero-order chi connectivity index (χ0) is 22.5. The zero-order valence-corrected chi connectivity index (χ0v) is 20.8. The first-order valence-electron chi connectivity index (χ1n) is 11.1. The monoisotopic (exact) mass is 462 g/mol. The molecule has 0 saturated carbocycles. The van der Waals surface area contributed by atoms with Crippen molar-refractivity contribution in [3.05, 3.63) is 45.6 Å². The van der Waals surface area contributed by atoms with Gasteiger partial charge in [0.25, 0.3) is 0 Å². The fourth-order valence-corrected chi connectivity index (χ4v) is 4.08. The molecule has 7 heteroatoms. The van der Waals surface area contributed by atoms with E-state index in [1.165, 1.54) is 0 Å². The standard InChI is InChI=1S/C25H34N2O4.ClH/c1-7-26(8-2)15-19-21(29-5)13-11-17-23(28)18-12-14-22(30-6)20(16-27(9-3)10-4)25(18)31-24(17)19;/h11-14H,7-10,15-16H2,1-6H3;1H. The van der Waals surface area contributed by atoms with Crippen molar-refractivity contribution in [3.63, 3.8) is 0 Å². The second kappa shape index (κ2) is 11.5. The van der Waals surface area contributed by atoms with Crippen LogP contribution in [0.1, 0.15) is 38.8 Å². The molecular formula is C25H35ClN2O4. The van der Waals surface area contributed by atoms with Gasteiger partial charge in [0.1, 0.15) is 22.7 Å². The van der Waals surface area contributed by atoms with Gasteiger partial charge in [0.2, 0.25) is 5.43 Å². The van der Waals surface area contributed by atoms with E-state index in [2.05, 4.69) is 37.5 Å². The van der Waals surface area contributed by atoms with Crippen LogP contribution in [0.5, 0.6) is 11.5 Å². The third kappa shape index (κ3) is 4.87. The number of nitrogens with zero attached hydrogens (tertiary/aromatic N) is 2. The van der Waals surface area contributed by atoms with Gasteiger partial charge in [-0.1, -0.05) is 27.7 Å². The van der Waals surface area contributed by atoms with Gasteiger partial charge >= 0.3 is 0 Å². The van der Waals surface area contributed by atoms with Crippen LogP contribution < -0.4 is 14.9 Å². The Morgan fingerprint density at radius 2 is 1.09 bits per heavy atom. The molecule has 0 unspecified atom stereocenters. The van der Waals surface area contributed by atoms with Gasteiger partial charge in [-0.15, -0.1) is 12.4 Å². The summed E-state index contributed by atoms with van der Waals surface area (Å²) in [5, 5.41) is 1.16. The fourth-order valence-electron chi connectivity index (χ4n) is 4.08. The van der Waals surface area contributed by atoms with Crippen LogP contribution in [0.2, 0.25) is 0 Å². The molecule has 0 N–H and O–H groups in total. The van der Waals surface area contributed by atoms with E-state index >= 15 is 0 Å². The second-order valence-corrected chi connectivity index (χ2v) is 7.60. The molecule has 1 aromatic heterocycles. The second-order valence-electron chi connectivity index (χ2n) is 7.60. The zero-order valence-electron chi connectivity index (χ0n) is 20.0. The molecule has 0 atom stereocenters. The first kappa shape index (κ1) is 26.0. The molecule has 2 aromatic carbocycles. The Kier molecular flexibility index (Phi) is 9.37. The highest BCUT2D eigenvalue weighted by Gasteiger charge is 2.21. The molecule has 0 aliphatic carbocycles. The van der Waals surface area contributed by atoms with Crippen molar-refractivity contribution >= 4 is 34.3 Å². The van der Waals surface area contributed by atoms with Crippen LogP contribution in [0.15, 0.2) is 33.5 Å². The maximum atomic E-state index is 13.5. The summed E-state index contributed by atoms with van der Waals surface area (Å²) in [5.74, 6) is 1.46. The Morgan fingerprint density at radius 3 is 1.41 bits per heavy atom. The predicted molar refractivity (Wildman–Crippen MR) is 134 cm³/mol. The highest BCUT2D eigenvalue weighted by atomic mass is 35.5. The van der Waals surface area contributed by atoms with Crippen LogP contribution in [0, 0.1) is 0 Å². The predicted octanol–water partition coefficient (Wildman–Crippen LogP) is 5.07. The quantitative estimate of drug-likeness (QED) is 0.392. The van der Waals surface area contributed by atoms with Gasteiger partial charge in [0, 0.05) is 13.1 Å². The van der Waals surface area contributed by atoms with E-state index in [1.807, 2.05) is 12.1 Å². The van der Waals surface area contributed by atoms with Crippen LogP contribution >= 0.6 is 12.4 Å². The summed E-state index contributed by atoms with van der Waals surface area (Å²) >= 11 is 0. The van der Waals surface area contributed by atoms with Crippen molar-refractivity contribution < 1.29 is 13.9 Å². The summed E-state index contributed by atoms with van der Waals surface area (Å²) < 4.78 is 17.8. The van der Waals surface area contributed by atoms with Crippen LogP contribution in [-0.2, 0) is 13.1 Å². The molecule has 0 aliphatic heterocycles.